The summed E-state index contributed by atoms with van der Waals surface area (Å²) >= 11 is 0. The van der Waals surface area contributed by atoms with Crippen LogP contribution in [0.15, 0.2) is 0 Å². The fourth-order valence-electron chi connectivity index (χ4n) is 4.32. The fourth-order valence-corrected chi connectivity index (χ4v) is 4.32. The molecule has 1 aliphatic heterocycles. The first-order valence-corrected chi connectivity index (χ1v) is 8.13. The number of nitrogens with two attached hydrogens (primary N) is 1. The van der Waals surface area contributed by atoms with Crippen molar-refractivity contribution in [3.63, 3.8) is 0 Å². The van der Waals surface area contributed by atoms with E-state index >= 15 is 0 Å². The van der Waals surface area contributed by atoms with Crippen molar-refractivity contribution in [3.05, 3.63) is 0 Å². The largest absolute Gasteiger partial charge is 0.327 e. The molecule has 2 aliphatic rings. The van der Waals surface area contributed by atoms with E-state index in [9.17, 15) is 0 Å². The number of rotatable bonds is 3. The molecule has 2 rings (SSSR count). The molecule has 2 unspecified atom stereocenters. The van der Waals surface area contributed by atoms with Gasteiger partial charge in [-0.2, -0.15) is 0 Å². The Morgan fingerprint density at radius 1 is 1.00 bits per heavy atom. The highest BCUT2D eigenvalue weighted by Gasteiger charge is 2.36. The van der Waals surface area contributed by atoms with Crippen LogP contribution in [0.25, 0.3) is 0 Å². The molecule has 1 aliphatic carbocycles. The van der Waals surface area contributed by atoms with Crippen molar-refractivity contribution < 1.29 is 0 Å². The van der Waals surface area contributed by atoms with Crippen LogP contribution in [-0.4, -0.2) is 54.1 Å². The maximum absolute atomic E-state index is 6.26. The second kappa shape index (κ2) is 6.11. The summed E-state index contributed by atoms with van der Waals surface area (Å²) in [6, 6.07) is 1.63. The molecular weight excluding hydrogens is 234 g/mol. The van der Waals surface area contributed by atoms with Gasteiger partial charge in [-0.3, -0.25) is 9.80 Å². The van der Waals surface area contributed by atoms with Crippen LogP contribution in [0.5, 0.6) is 0 Å². The van der Waals surface area contributed by atoms with Crippen LogP contribution in [-0.2, 0) is 0 Å². The molecule has 0 amide bonds. The van der Waals surface area contributed by atoms with Crippen LogP contribution in [0.3, 0.4) is 0 Å². The monoisotopic (exact) mass is 267 g/mol. The summed E-state index contributed by atoms with van der Waals surface area (Å²) in [5.74, 6) is 0. The lowest BCUT2D eigenvalue weighted by molar-refractivity contribution is 0.0218. The molecule has 0 bridgehead atoms. The highest BCUT2D eigenvalue weighted by molar-refractivity contribution is 4.92. The highest BCUT2D eigenvalue weighted by Crippen LogP contribution is 2.29. The van der Waals surface area contributed by atoms with Gasteiger partial charge in [0.2, 0.25) is 0 Å². The van der Waals surface area contributed by atoms with Crippen molar-refractivity contribution in [2.45, 2.75) is 71.5 Å². The normalized spacial score (nSPS) is 27.6. The first kappa shape index (κ1) is 15.3. The summed E-state index contributed by atoms with van der Waals surface area (Å²) in [6.45, 7) is 14.0. The van der Waals surface area contributed by atoms with Crippen LogP contribution in [0.4, 0.5) is 0 Å². The van der Waals surface area contributed by atoms with Gasteiger partial charge in [0.25, 0.3) is 0 Å². The molecule has 0 aromatic carbocycles. The van der Waals surface area contributed by atoms with E-state index in [0.29, 0.717) is 6.04 Å². The van der Waals surface area contributed by atoms with E-state index in [2.05, 4.69) is 37.5 Å². The average Bonchev–Trinajstić information content (AvgIpc) is 2.81. The minimum atomic E-state index is 0.248. The van der Waals surface area contributed by atoms with Crippen molar-refractivity contribution in [1.29, 1.82) is 0 Å². The molecule has 2 atom stereocenters. The van der Waals surface area contributed by atoms with E-state index in [1.54, 1.807) is 0 Å². The van der Waals surface area contributed by atoms with Gasteiger partial charge in [0.15, 0.2) is 0 Å². The third kappa shape index (κ3) is 3.71. The predicted octanol–water partition coefficient (Wildman–Crippen LogP) is 2.31. The molecule has 0 aromatic heterocycles. The van der Waals surface area contributed by atoms with Crippen LogP contribution >= 0.6 is 0 Å². The summed E-state index contributed by atoms with van der Waals surface area (Å²) in [4.78, 5) is 5.36. The molecule has 3 nitrogen and oxygen atoms in total. The minimum Gasteiger partial charge on any atom is -0.327 e. The molecule has 2 fully saturated rings. The van der Waals surface area contributed by atoms with Crippen molar-refractivity contribution in [2.75, 3.05) is 26.2 Å². The van der Waals surface area contributed by atoms with Crippen molar-refractivity contribution >= 4 is 0 Å². The first-order chi connectivity index (χ1) is 8.89. The molecule has 1 saturated heterocycles. The van der Waals surface area contributed by atoms with Crippen molar-refractivity contribution in [3.8, 4) is 0 Å². The molecule has 0 spiro atoms. The van der Waals surface area contributed by atoms with E-state index in [0.717, 1.165) is 6.04 Å². The van der Waals surface area contributed by atoms with Gasteiger partial charge in [0, 0.05) is 44.3 Å². The Morgan fingerprint density at radius 3 is 1.95 bits per heavy atom. The average molecular weight is 267 g/mol. The predicted molar refractivity (Wildman–Crippen MR) is 82.3 cm³/mol. The van der Waals surface area contributed by atoms with Gasteiger partial charge in [-0.25, -0.2) is 0 Å². The van der Waals surface area contributed by atoms with Crippen molar-refractivity contribution in [1.82, 2.24) is 9.80 Å². The SMILES string of the molecule is CC(N)C(N1CCN(C2CCCC2)CC1)C(C)(C)C. The molecule has 19 heavy (non-hydrogen) atoms. The van der Waals surface area contributed by atoms with Gasteiger partial charge in [0.1, 0.15) is 0 Å². The van der Waals surface area contributed by atoms with E-state index < -0.39 is 0 Å². The fraction of sp³-hybridized carbons (Fsp3) is 1.00. The third-order valence-corrected chi connectivity index (χ3v) is 4.97. The highest BCUT2D eigenvalue weighted by atomic mass is 15.3. The first-order valence-electron chi connectivity index (χ1n) is 8.13. The van der Waals surface area contributed by atoms with Gasteiger partial charge in [-0.15, -0.1) is 0 Å². The van der Waals surface area contributed by atoms with Gasteiger partial charge in [-0.05, 0) is 25.2 Å². The Bertz CT molecular complexity index is 268. The van der Waals surface area contributed by atoms with Gasteiger partial charge < -0.3 is 5.73 Å². The summed E-state index contributed by atoms with van der Waals surface area (Å²) in [5.41, 5.74) is 6.52. The number of nitrogens with zero attached hydrogens (tertiary/aromatic N) is 2. The molecule has 112 valence electrons. The van der Waals surface area contributed by atoms with Crippen LogP contribution in [0.1, 0.15) is 53.4 Å². The summed E-state index contributed by atoms with van der Waals surface area (Å²) in [5, 5.41) is 0. The lowest BCUT2D eigenvalue weighted by Crippen LogP contribution is -2.60. The third-order valence-electron chi connectivity index (χ3n) is 4.97. The van der Waals surface area contributed by atoms with Gasteiger partial charge >= 0.3 is 0 Å². The van der Waals surface area contributed by atoms with E-state index in [1.807, 2.05) is 0 Å². The summed E-state index contributed by atoms with van der Waals surface area (Å²) in [7, 11) is 0. The summed E-state index contributed by atoms with van der Waals surface area (Å²) in [6.07, 6.45) is 5.73. The second-order valence-electron chi connectivity index (χ2n) is 7.68. The van der Waals surface area contributed by atoms with Crippen LogP contribution in [0, 0.1) is 5.41 Å². The zero-order valence-electron chi connectivity index (χ0n) is 13.4. The van der Waals surface area contributed by atoms with Gasteiger partial charge in [0.05, 0.1) is 0 Å². The van der Waals surface area contributed by atoms with Gasteiger partial charge in [-0.1, -0.05) is 33.6 Å². The lowest BCUT2D eigenvalue weighted by atomic mass is 9.81. The minimum absolute atomic E-state index is 0.248. The number of piperazine rings is 1. The molecule has 0 radical (unpaired) electrons. The number of hydrogen-bond donors (Lipinski definition) is 1. The van der Waals surface area contributed by atoms with E-state index in [-0.39, 0.29) is 11.5 Å². The smallest absolute Gasteiger partial charge is 0.0293 e. The molecule has 3 heteroatoms. The zero-order chi connectivity index (χ0) is 14.0. The van der Waals surface area contributed by atoms with Crippen LogP contribution < -0.4 is 5.73 Å². The zero-order valence-corrected chi connectivity index (χ0v) is 13.4. The van der Waals surface area contributed by atoms with Crippen LogP contribution in [0.2, 0.25) is 0 Å². The number of hydrogen-bond acceptors (Lipinski definition) is 3. The Kier molecular flexibility index (Phi) is 4.91. The quantitative estimate of drug-likeness (QED) is 0.852. The lowest BCUT2D eigenvalue weighted by Gasteiger charge is -2.47. The van der Waals surface area contributed by atoms with E-state index in [1.165, 1.54) is 51.9 Å². The van der Waals surface area contributed by atoms with Crippen molar-refractivity contribution in [2.24, 2.45) is 11.1 Å². The summed E-state index contributed by atoms with van der Waals surface area (Å²) < 4.78 is 0. The Balaban J connectivity index is 1.90. The Labute approximate surface area is 119 Å². The molecule has 0 aromatic rings. The topological polar surface area (TPSA) is 32.5 Å². The maximum Gasteiger partial charge on any atom is 0.0293 e. The Hall–Kier alpha value is -0.120. The molecule has 2 N–H and O–H groups in total. The molecular formula is C16H33N3. The standard InChI is InChI=1S/C16H33N3/c1-13(17)15(16(2,3)4)19-11-9-18(10-12-19)14-7-5-6-8-14/h13-15H,5-12,17H2,1-4H3. The second-order valence-corrected chi connectivity index (χ2v) is 7.68. The Morgan fingerprint density at radius 2 is 1.53 bits per heavy atom. The van der Waals surface area contributed by atoms with E-state index in [4.69, 9.17) is 5.73 Å². The molecule has 1 saturated carbocycles. The molecule has 1 heterocycles. The maximum atomic E-state index is 6.26.